The molecule has 4 N–H and O–H groups in total. The SMILES string of the molecule is CC(NC(=O)C[C@@H]1CCC[C@H]1N)c1cccc(NC(=O)Cc2ccccc2F)c1. The number of nitrogens with two attached hydrogens (primary N) is 1. The topological polar surface area (TPSA) is 84.2 Å². The quantitative estimate of drug-likeness (QED) is 0.666. The third-order valence-electron chi connectivity index (χ3n) is 5.52. The van der Waals surface area contributed by atoms with Crippen LogP contribution in [0.15, 0.2) is 48.5 Å². The molecule has 2 aromatic carbocycles. The fraction of sp³-hybridized carbons (Fsp3) is 0.391. The molecule has 1 fully saturated rings. The van der Waals surface area contributed by atoms with Crippen molar-refractivity contribution >= 4 is 17.5 Å². The van der Waals surface area contributed by atoms with E-state index < -0.39 is 5.82 Å². The van der Waals surface area contributed by atoms with Gasteiger partial charge >= 0.3 is 0 Å². The molecule has 1 saturated carbocycles. The minimum absolute atomic E-state index is 0.00570. The molecule has 1 unspecified atom stereocenters. The lowest BCUT2D eigenvalue weighted by Crippen LogP contribution is -2.32. The molecular formula is C23H28FN3O2. The molecule has 29 heavy (non-hydrogen) atoms. The Morgan fingerprint density at radius 1 is 1.14 bits per heavy atom. The van der Waals surface area contributed by atoms with Crippen LogP contribution in [0.1, 0.15) is 49.8 Å². The van der Waals surface area contributed by atoms with Crippen molar-refractivity contribution in [2.24, 2.45) is 11.7 Å². The van der Waals surface area contributed by atoms with Crippen molar-refractivity contribution in [3.05, 3.63) is 65.5 Å². The van der Waals surface area contributed by atoms with Crippen LogP contribution in [0.3, 0.4) is 0 Å². The van der Waals surface area contributed by atoms with Crippen LogP contribution in [0.2, 0.25) is 0 Å². The highest BCUT2D eigenvalue weighted by atomic mass is 19.1. The van der Waals surface area contributed by atoms with E-state index in [-0.39, 0.29) is 36.2 Å². The van der Waals surface area contributed by atoms with Gasteiger partial charge < -0.3 is 16.4 Å². The Bertz CT molecular complexity index is 871. The molecular weight excluding hydrogens is 369 g/mol. The molecule has 2 amide bonds. The van der Waals surface area contributed by atoms with Gasteiger partial charge in [-0.1, -0.05) is 36.8 Å². The average molecular weight is 397 g/mol. The second kappa shape index (κ2) is 9.65. The molecule has 3 atom stereocenters. The number of amides is 2. The summed E-state index contributed by atoms with van der Waals surface area (Å²) < 4.78 is 13.7. The number of carbonyl (C=O) groups is 2. The molecule has 0 spiro atoms. The minimum atomic E-state index is -0.394. The standard InChI is InChI=1S/C23H28FN3O2/c1-15(26-22(28)14-18-8-5-11-21(18)25)16-7-4-9-19(12-16)27-23(29)13-17-6-2-3-10-20(17)24/h2-4,6-7,9-10,12,15,18,21H,5,8,11,13-14,25H2,1H3,(H,26,28)(H,27,29)/t15?,18-,21+/m0/s1. The monoisotopic (exact) mass is 397 g/mol. The largest absolute Gasteiger partial charge is 0.350 e. The van der Waals surface area contributed by atoms with Crippen molar-refractivity contribution in [1.82, 2.24) is 5.32 Å². The van der Waals surface area contributed by atoms with Gasteiger partial charge in [0.05, 0.1) is 12.5 Å². The van der Waals surface area contributed by atoms with Gasteiger partial charge in [0.15, 0.2) is 0 Å². The van der Waals surface area contributed by atoms with Crippen molar-refractivity contribution in [2.75, 3.05) is 5.32 Å². The van der Waals surface area contributed by atoms with Crippen LogP contribution in [0.4, 0.5) is 10.1 Å². The number of rotatable bonds is 7. The third kappa shape index (κ3) is 5.87. The number of nitrogens with one attached hydrogen (secondary N) is 2. The molecule has 0 saturated heterocycles. The van der Waals surface area contributed by atoms with E-state index in [9.17, 15) is 14.0 Å². The van der Waals surface area contributed by atoms with E-state index in [1.165, 1.54) is 6.07 Å². The van der Waals surface area contributed by atoms with Crippen LogP contribution in [0.25, 0.3) is 0 Å². The van der Waals surface area contributed by atoms with Crippen molar-refractivity contribution in [3.8, 4) is 0 Å². The minimum Gasteiger partial charge on any atom is -0.350 e. The van der Waals surface area contributed by atoms with Crippen LogP contribution >= 0.6 is 0 Å². The first-order chi connectivity index (χ1) is 13.9. The summed E-state index contributed by atoms with van der Waals surface area (Å²) in [6.45, 7) is 1.91. The van der Waals surface area contributed by atoms with Gasteiger partial charge in [-0.15, -0.1) is 0 Å². The summed E-state index contributed by atoms with van der Waals surface area (Å²) in [7, 11) is 0. The van der Waals surface area contributed by atoms with E-state index in [4.69, 9.17) is 5.73 Å². The second-order valence-electron chi connectivity index (χ2n) is 7.79. The third-order valence-corrected chi connectivity index (χ3v) is 5.52. The predicted molar refractivity (Wildman–Crippen MR) is 112 cm³/mol. The van der Waals surface area contributed by atoms with Crippen LogP contribution < -0.4 is 16.4 Å². The van der Waals surface area contributed by atoms with Crippen molar-refractivity contribution < 1.29 is 14.0 Å². The van der Waals surface area contributed by atoms with E-state index in [0.717, 1.165) is 24.8 Å². The van der Waals surface area contributed by atoms with Crippen molar-refractivity contribution in [2.45, 2.75) is 51.1 Å². The Balaban J connectivity index is 1.56. The number of benzene rings is 2. The zero-order chi connectivity index (χ0) is 20.8. The maximum absolute atomic E-state index is 13.7. The second-order valence-corrected chi connectivity index (χ2v) is 7.79. The average Bonchev–Trinajstić information content (AvgIpc) is 3.08. The first-order valence-corrected chi connectivity index (χ1v) is 10.1. The van der Waals surface area contributed by atoms with E-state index in [0.29, 0.717) is 17.7 Å². The Morgan fingerprint density at radius 2 is 1.93 bits per heavy atom. The van der Waals surface area contributed by atoms with E-state index in [2.05, 4.69) is 10.6 Å². The molecule has 2 aromatic rings. The summed E-state index contributed by atoms with van der Waals surface area (Å²) in [5.41, 5.74) is 7.91. The summed E-state index contributed by atoms with van der Waals surface area (Å²) in [4.78, 5) is 24.6. The zero-order valence-corrected chi connectivity index (χ0v) is 16.7. The molecule has 154 valence electrons. The molecule has 1 aliphatic carbocycles. The Morgan fingerprint density at radius 3 is 2.66 bits per heavy atom. The van der Waals surface area contributed by atoms with Gasteiger partial charge in [0.2, 0.25) is 11.8 Å². The molecule has 3 rings (SSSR count). The van der Waals surface area contributed by atoms with E-state index in [1.807, 2.05) is 25.1 Å². The molecule has 0 aliphatic heterocycles. The van der Waals surface area contributed by atoms with Crippen LogP contribution in [0, 0.1) is 11.7 Å². The molecule has 0 radical (unpaired) electrons. The predicted octanol–water partition coefficient (Wildman–Crippen LogP) is 3.70. The summed E-state index contributed by atoms with van der Waals surface area (Å²) in [6.07, 6.45) is 3.49. The van der Waals surface area contributed by atoms with Gasteiger partial charge in [0.1, 0.15) is 5.82 Å². The summed E-state index contributed by atoms with van der Waals surface area (Å²) in [5.74, 6) is -0.436. The Kier molecular flexibility index (Phi) is 6.99. The first-order valence-electron chi connectivity index (χ1n) is 10.1. The van der Waals surface area contributed by atoms with Gasteiger partial charge in [0.25, 0.3) is 0 Å². The maximum atomic E-state index is 13.7. The maximum Gasteiger partial charge on any atom is 0.228 e. The van der Waals surface area contributed by atoms with E-state index in [1.54, 1.807) is 24.3 Å². The molecule has 1 aliphatic rings. The molecule has 5 nitrogen and oxygen atoms in total. The Labute approximate surface area is 170 Å². The fourth-order valence-electron chi connectivity index (χ4n) is 3.85. The Hall–Kier alpha value is -2.73. The fourth-order valence-corrected chi connectivity index (χ4v) is 3.85. The highest BCUT2D eigenvalue weighted by Gasteiger charge is 2.26. The molecule has 6 heteroatoms. The summed E-state index contributed by atoms with van der Waals surface area (Å²) in [6, 6.07) is 13.5. The number of hydrogen-bond donors (Lipinski definition) is 3. The zero-order valence-electron chi connectivity index (χ0n) is 16.7. The normalized spacial score (nSPS) is 19.6. The van der Waals surface area contributed by atoms with Gasteiger partial charge in [-0.2, -0.15) is 0 Å². The molecule has 0 aromatic heterocycles. The van der Waals surface area contributed by atoms with E-state index >= 15 is 0 Å². The lowest BCUT2D eigenvalue weighted by molar-refractivity contribution is -0.122. The van der Waals surface area contributed by atoms with Crippen LogP contribution in [-0.4, -0.2) is 17.9 Å². The highest BCUT2D eigenvalue weighted by Crippen LogP contribution is 2.27. The van der Waals surface area contributed by atoms with Gasteiger partial charge in [-0.05, 0) is 55.0 Å². The lowest BCUT2D eigenvalue weighted by atomic mass is 9.99. The lowest BCUT2D eigenvalue weighted by Gasteiger charge is -2.19. The number of hydrogen-bond acceptors (Lipinski definition) is 3. The molecule has 0 heterocycles. The van der Waals surface area contributed by atoms with Gasteiger partial charge in [0, 0.05) is 18.2 Å². The highest BCUT2D eigenvalue weighted by molar-refractivity contribution is 5.92. The first kappa shape index (κ1) is 21.0. The number of anilines is 1. The van der Waals surface area contributed by atoms with Crippen LogP contribution in [0.5, 0.6) is 0 Å². The number of carbonyl (C=O) groups excluding carboxylic acids is 2. The summed E-state index contributed by atoms with van der Waals surface area (Å²) in [5, 5.41) is 5.81. The van der Waals surface area contributed by atoms with Crippen molar-refractivity contribution in [1.29, 1.82) is 0 Å². The smallest absolute Gasteiger partial charge is 0.228 e. The van der Waals surface area contributed by atoms with Crippen molar-refractivity contribution in [3.63, 3.8) is 0 Å². The summed E-state index contributed by atoms with van der Waals surface area (Å²) >= 11 is 0. The van der Waals surface area contributed by atoms with Gasteiger partial charge in [-0.3, -0.25) is 9.59 Å². The molecule has 0 bridgehead atoms. The van der Waals surface area contributed by atoms with Gasteiger partial charge in [-0.25, -0.2) is 4.39 Å². The van der Waals surface area contributed by atoms with Crippen LogP contribution in [-0.2, 0) is 16.0 Å². The number of halogens is 1.